The predicted octanol–water partition coefficient (Wildman–Crippen LogP) is 4.06. The van der Waals surface area contributed by atoms with Gasteiger partial charge in [-0.25, -0.2) is 4.39 Å². The zero-order valence-electron chi connectivity index (χ0n) is 11.9. The summed E-state index contributed by atoms with van der Waals surface area (Å²) in [6.45, 7) is 0.351. The first-order valence-corrected chi connectivity index (χ1v) is 7.24. The lowest BCUT2D eigenvalue weighted by Crippen LogP contribution is -2.22. The fraction of sp³-hybridized carbons (Fsp3) is 0.0588. The molecule has 1 aromatic heterocycles. The Morgan fingerprint density at radius 3 is 2.52 bits per heavy atom. The molecule has 0 bridgehead atoms. The maximum atomic E-state index is 13.0. The Kier molecular flexibility index (Phi) is 4.39. The van der Waals surface area contributed by atoms with Crippen LogP contribution >= 0.6 is 11.6 Å². The summed E-state index contributed by atoms with van der Waals surface area (Å²) in [5, 5.41) is 7.08. The van der Waals surface area contributed by atoms with Gasteiger partial charge in [0.2, 0.25) is 0 Å². The van der Waals surface area contributed by atoms with Gasteiger partial charge >= 0.3 is 0 Å². The number of carbonyl (C=O) groups is 1. The molecule has 2 aromatic carbocycles. The van der Waals surface area contributed by atoms with Gasteiger partial charge in [0.25, 0.3) is 5.91 Å². The fourth-order valence-corrected chi connectivity index (χ4v) is 2.22. The summed E-state index contributed by atoms with van der Waals surface area (Å²) in [6, 6.07) is 12.8. The number of rotatable bonds is 4. The van der Waals surface area contributed by atoms with Crippen molar-refractivity contribution in [2.45, 2.75) is 6.54 Å². The van der Waals surface area contributed by atoms with Crippen molar-refractivity contribution < 1.29 is 13.7 Å². The molecule has 6 heteroatoms. The van der Waals surface area contributed by atoms with Gasteiger partial charge in [-0.3, -0.25) is 4.79 Å². The molecule has 0 radical (unpaired) electrons. The Balaban J connectivity index is 1.74. The Morgan fingerprint density at radius 2 is 1.83 bits per heavy atom. The van der Waals surface area contributed by atoms with Crippen molar-refractivity contribution in [3.63, 3.8) is 0 Å². The number of carbonyl (C=O) groups excluding carboxylic acids is 1. The van der Waals surface area contributed by atoms with Gasteiger partial charge in [0.1, 0.15) is 11.4 Å². The maximum Gasteiger partial charge on any atom is 0.257 e. The molecule has 0 saturated carbocycles. The Morgan fingerprint density at radius 1 is 1.13 bits per heavy atom. The second-order valence-electron chi connectivity index (χ2n) is 4.88. The van der Waals surface area contributed by atoms with Crippen LogP contribution in [0.1, 0.15) is 15.9 Å². The van der Waals surface area contributed by atoms with Crippen LogP contribution in [0.3, 0.4) is 0 Å². The fourth-order valence-electron chi connectivity index (χ4n) is 2.09. The second-order valence-corrected chi connectivity index (χ2v) is 5.32. The minimum absolute atomic E-state index is 0.297. The third-order valence-electron chi connectivity index (χ3n) is 3.29. The van der Waals surface area contributed by atoms with E-state index < -0.39 is 0 Å². The zero-order chi connectivity index (χ0) is 16.2. The van der Waals surface area contributed by atoms with Gasteiger partial charge in [0.15, 0.2) is 5.76 Å². The SMILES string of the molecule is O=C(NCc1ccc(Cl)cc1)c1cnoc1-c1ccc(F)cc1. The van der Waals surface area contributed by atoms with Gasteiger partial charge in [0, 0.05) is 17.1 Å². The van der Waals surface area contributed by atoms with Crippen molar-refractivity contribution in [3.8, 4) is 11.3 Å². The van der Waals surface area contributed by atoms with Gasteiger partial charge in [-0.15, -0.1) is 0 Å². The van der Waals surface area contributed by atoms with Crippen molar-refractivity contribution >= 4 is 17.5 Å². The number of halogens is 2. The molecule has 1 heterocycles. The van der Waals surface area contributed by atoms with E-state index in [2.05, 4.69) is 10.5 Å². The average Bonchev–Trinajstić information content (AvgIpc) is 3.04. The molecule has 0 aliphatic rings. The van der Waals surface area contributed by atoms with E-state index in [1.807, 2.05) is 12.1 Å². The second kappa shape index (κ2) is 6.62. The third-order valence-corrected chi connectivity index (χ3v) is 3.54. The van der Waals surface area contributed by atoms with Gasteiger partial charge in [-0.2, -0.15) is 0 Å². The topological polar surface area (TPSA) is 55.1 Å². The highest BCUT2D eigenvalue weighted by molar-refractivity contribution is 6.30. The molecule has 0 unspecified atom stereocenters. The quantitative estimate of drug-likeness (QED) is 0.784. The van der Waals surface area contributed by atoms with Crippen LogP contribution in [0.4, 0.5) is 4.39 Å². The largest absolute Gasteiger partial charge is 0.355 e. The molecule has 0 spiro atoms. The first-order chi connectivity index (χ1) is 11.1. The van der Waals surface area contributed by atoms with Crippen molar-refractivity contribution in [2.24, 2.45) is 0 Å². The Bertz CT molecular complexity index is 813. The summed E-state index contributed by atoms with van der Waals surface area (Å²) in [7, 11) is 0. The number of hydrogen-bond acceptors (Lipinski definition) is 3. The number of nitrogens with zero attached hydrogens (tertiary/aromatic N) is 1. The van der Waals surface area contributed by atoms with E-state index in [4.69, 9.17) is 16.1 Å². The number of aromatic nitrogens is 1. The minimum atomic E-state index is -0.359. The van der Waals surface area contributed by atoms with E-state index in [9.17, 15) is 9.18 Å². The van der Waals surface area contributed by atoms with Crippen molar-refractivity contribution in [1.29, 1.82) is 0 Å². The molecule has 0 saturated heterocycles. The van der Waals surface area contributed by atoms with Crippen LogP contribution < -0.4 is 5.32 Å². The van der Waals surface area contributed by atoms with Crippen molar-refractivity contribution in [1.82, 2.24) is 10.5 Å². The lowest BCUT2D eigenvalue weighted by Gasteiger charge is -2.05. The monoisotopic (exact) mass is 330 g/mol. The third kappa shape index (κ3) is 3.57. The molecule has 1 amide bonds. The number of amides is 1. The normalized spacial score (nSPS) is 10.5. The molecule has 23 heavy (non-hydrogen) atoms. The summed E-state index contributed by atoms with van der Waals surface area (Å²) in [6.07, 6.45) is 1.34. The van der Waals surface area contributed by atoms with Crippen LogP contribution in [0.15, 0.2) is 59.3 Å². The van der Waals surface area contributed by atoms with Crippen LogP contribution in [-0.2, 0) is 6.54 Å². The zero-order valence-corrected chi connectivity index (χ0v) is 12.7. The lowest BCUT2D eigenvalue weighted by molar-refractivity contribution is 0.0951. The summed E-state index contributed by atoms with van der Waals surface area (Å²) < 4.78 is 18.1. The van der Waals surface area contributed by atoms with E-state index in [0.29, 0.717) is 28.5 Å². The number of benzene rings is 2. The molecular weight excluding hydrogens is 319 g/mol. The molecule has 3 aromatic rings. The van der Waals surface area contributed by atoms with E-state index in [1.54, 1.807) is 12.1 Å². The van der Waals surface area contributed by atoms with E-state index >= 15 is 0 Å². The van der Waals surface area contributed by atoms with E-state index in [1.165, 1.54) is 30.5 Å². The highest BCUT2D eigenvalue weighted by Crippen LogP contribution is 2.23. The molecule has 116 valence electrons. The van der Waals surface area contributed by atoms with Gasteiger partial charge in [-0.05, 0) is 42.0 Å². The lowest BCUT2D eigenvalue weighted by atomic mass is 10.1. The Labute approximate surface area is 136 Å². The predicted molar refractivity (Wildman–Crippen MR) is 84.5 cm³/mol. The molecular formula is C17H12ClFN2O2. The summed E-state index contributed by atoms with van der Waals surface area (Å²) in [4.78, 5) is 12.3. The van der Waals surface area contributed by atoms with Crippen molar-refractivity contribution in [3.05, 3.63) is 76.7 Å². The molecule has 0 fully saturated rings. The number of hydrogen-bond donors (Lipinski definition) is 1. The average molecular weight is 331 g/mol. The molecule has 3 rings (SSSR count). The highest BCUT2D eigenvalue weighted by atomic mass is 35.5. The van der Waals surface area contributed by atoms with Crippen LogP contribution in [0, 0.1) is 5.82 Å². The summed E-state index contributed by atoms with van der Waals surface area (Å²) >= 11 is 5.82. The number of nitrogens with one attached hydrogen (secondary N) is 1. The van der Waals surface area contributed by atoms with E-state index in [-0.39, 0.29) is 11.7 Å². The maximum absolute atomic E-state index is 13.0. The van der Waals surface area contributed by atoms with Gasteiger partial charge < -0.3 is 9.84 Å². The molecule has 0 atom stereocenters. The van der Waals surface area contributed by atoms with E-state index in [0.717, 1.165) is 5.56 Å². The molecule has 0 aliphatic carbocycles. The smallest absolute Gasteiger partial charge is 0.257 e. The molecule has 1 N–H and O–H groups in total. The minimum Gasteiger partial charge on any atom is -0.355 e. The van der Waals surface area contributed by atoms with Crippen LogP contribution in [-0.4, -0.2) is 11.1 Å². The first kappa shape index (κ1) is 15.2. The molecule has 0 aliphatic heterocycles. The van der Waals surface area contributed by atoms with Crippen molar-refractivity contribution in [2.75, 3.05) is 0 Å². The van der Waals surface area contributed by atoms with Gasteiger partial charge in [0.05, 0.1) is 6.20 Å². The first-order valence-electron chi connectivity index (χ1n) is 6.87. The summed E-state index contributed by atoms with van der Waals surface area (Å²) in [5.74, 6) is -0.374. The summed E-state index contributed by atoms with van der Waals surface area (Å²) in [5.41, 5.74) is 1.80. The van der Waals surface area contributed by atoms with Crippen LogP contribution in [0.2, 0.25) is 5.02 Å². The van der Waals surface area contributed by atoms with Gasteiger partial charge in [-0.1, -0.05) is 28.9 Å². The van der Waals surface area contributed by atoms with Crippen LogP contribution in [0.25, 0.3) is 11.3 Å². The van der Waals surface area contributed by atoms with Crippen LogP contribution in [0.5, 0.6) is 0 Å². The Hall–Kier alpha value is -2.66. The molecule has 4 nitrogen and oxygen atoms in total. The highest BCUT2D eigenvalue weighted by Gasteiger charge is 2.17. The standard InChI is InChI=1S/C17H12ClFN2O2/c18-13-5-1-11(2-6-13)9-20-17(22)15-10-21-23-16(15)12-3-7-14(19)8-4-12/h1-8,10H,9H2,(H,20,22).